The molecule has 3 heterocycles. The Morgan fingerprint density at radius 1 is 1.17 bits per heavy atom. The molecule has 156 valence electrons. The molecule has 0 spiro atoms. The Hall–Kier alpha value is -2.62. The molecular weight excluding hydrogens is 440 g/mol. The molecule has 2 aromatic rings. The summed E-state index contributed by atoms with van der Waals surface area (Å²) in [7, 11) is 1.68. The lowest BCUT2D eigenvalue weighted by molar-refractivity contribution is 0.0240. The summed E-state index contributed by atoms with van der Waals surface area (Å²) in [4.78, 5) is 36.9. The lowest BCUT2D eigenvalue weighted by Gasteiger charge is -2.36. The van der Waals surface area contributed by atoms with Gasteiger partial charge in [0, 0.05) is 43.9 Å². The van der Waals surface area contributed by atoms with E-state index in [1.54, 1.807) is 36.6 Å². The predicted octanol–water partition coefficient (Wildman–Crippen LogP) is 2.74. The topological polar surface area (TPSA) is 92.6 Å². The Balaban J connectivity index is 1.60. The van der Waals surface area contributed by atoms with E-state index in [1.165, 1.54) is 4.57 Å². The van der Waals surface area contributed by atoms with Crippen molar-refractivity contribution in [3.8, 4) is 0 Å². The minimum atomic E-state index is -0.502. The second-order valence-electron chi connectivity index (χ2n) is 7.83. The van der Waals surface area contributed by atoms with Crippen molar-refractivity contribution in [2.24, 2.45) is 7.05 Å². The van der Waals surface area contributed by atoms with E-state index in [1.807, 2.05) is 20.8 Å². The summed E-state index contributed by atoms with van der Waals surface area (Å²) in [5, 5.41) is 3.00. The summed E-state index contributed by atoms with van der Waals surface area (Å²) >= 11 is 3.38. The number of aryl methyl sites for hydroxylation is 1. The van der Waals surface area contributed by atoms with Gasteiger partial charge in [-0.2, -0.15) is 0 Å². The number of hydrogen-bond donors (Lipinski definition) is 1. The second kappa shape index (κ2) is 8.40. The molecule has 0 radical (unpaired) electrons. The van der Waals surface area contributed by atoms with Crippen LogP contribution in [0.5, 0.6) is 0 Å². The van der Waals surface area contributed by atoms with Gasteiger partial charge in [0.1, 0.15) is 22.9 Å². The molecule has 0 atom stereocenters. The number of ether oxygens (including phenoxy) is 1. The molecule has 0 bridgehead atoms. The Morgan fingerprint density at radius 2 is 1.86 bits per heavy atom. The van der Waals surface area contributed by atoms with E-state index in [9.17, 15) is 9.59 Å². The van der Waals surface area contributed by atoms with Gasteiger partial charge < -0.3 is 24.4 Å². The van der Waals surface area contributed by atoms with Crippen LogP contribution in [0, 0.1) is 0 Å². The molecule has 1 aliphatic rings. The number of carbonyl (C=O) groups excluding carboxylic acids is 1. The number of halogens is 1. The van der Waals surface area contributed by atoms with E-state index in [2.05, 4.69) is 36.1 Å². The maximum Gasteiger partial charge on any atom is 0.410 e. The molecule has 2 aromatic heterocycles. The van der Waals surface area contributed by atoms with Crippen molar-refractivity contribution < 1.29 is 9.53 Å². The fourth-order valence-electron chi connectivity index (χ4n) is 2.89. The summed E-state index contributed by atoms with van der Waals surface area (Å²) in [5.41, 5.74) is -0.245. The summed E-state index contributed by atoms with van der Waals surface area (Å²) in [6.07, 6.45) is 4.65. The van der Waals surface area contributed by atoms with Crippen molar-refractivity contribution in [1.29, 1.82) is 0 Å². The third-order valence-electron chi connectivity index (χ3n) is 4.31. The number of anilines is 3. The van der Waals surface area contributed by atoms with Crippen LogP contribution in [-0.2, 0) is 11.8 Å². The summed E-state index contributed by atoms with van der Waals surface area (Å²) in [6.45, 7) is 7.98. The number of aromatic nitrogens is 3. The van der Waals surface area contributed by atoms with Crippen LogP contribution in [0.2, 0.25) is 0 Å². The van der Waals surface area contributed by atoms with E-state index in [-0.39, 0.29) is 11.7 Å². The zero-order chi connectivity index (χ0) is 21.2. The largest absolute Gasteiger partial charge is 0.444 e. The fourth-order valence-corrected chi connectivity index (χ4v) is 3.43. The quantitative estimate of drug-likeness (QED) is 0.745. The molecule has 1 saturated heterocycles. The molecule has 10 heteroatoms. The second-order valence-corrected chi connectivity index (χ2v) is 8.74. The molecule has 1 N–H and O–H groups in total. The first-order chi connectivity index (χ1) is 13.6. The molecule has 0 saturated carbocycles. The molecule has 29 heavy (non-hydrogen) atoms. The molecule has 0 unspecified atom stereocenters. The number of rotatable bonds is 3. The lowest BCUT2D eigenvalue weighted by Crippen LogP contribution is -2.50. The summed E-state index contributed by atoms with van der Waals surface area (Å²) < 4.78 is 7.69. The van der Waals surface area contributed by atoms with Crippen molar-refractivity contribution >= 4 is 39.3 Å². The van der Waals surface area contributed by atoms with Crippen molar-refractivity contribution in [3.63, 3.8) is 0 Å². The van der Waals surface area contributed by atoms with Gasteiger partial charge in [-0.25, -0.2) is 14.8 Å². The van der Waals surface area contributed by atoms with Crippen LogP contribution < -0.4 is 15.8 Å². The van der Waals surface area contributed by atoms with E-state index in [4.69, 9.17) is 4.74 Å². The van der Waals surface area contributed by atoms with Gasteiger partial charge in [-0.05, 0) is 42.8 Å². The molecule has 1 fully saturated rings. The first-order valence-corrected chi connectivity index (χ1v) is 10.1. The van der Waals surface area contributed by atoms with Gasteiger partial charge in [-0.3, -0.25) is 4.79 Å². The molecule has 1 amide bonds. The standard InChI is InChI=1S/C19H25BrN6O3/c1-19(2,3)29-18(28)26-7-5-25(6-8-26)16-11-21-15(10-22-16)23-14-9-13(20)12-24(4)17(14)27/h9-12H,5-8H2,1-4H3,(H,21,23). The number of amides is 1. The highest BCUT2D eigenvalue weighted by Gasteiger charge is 2.26. The van der Waals surface area contributed by atoms with Gasteiger partial charge in [-0.15, -0.1) is 0 Å². The minimum absolute atomic E-state index is 0.155. The number of piperazine rings is 1. The van der Waals surface area contributed by atoms with E-state index < -0.39 is 5.60 Å². The SMILES string of the molecule is Cn1cc(Br)cc(Nc2cnc(N3CCN(C(=O)OC(C)(C)C)CC3)cn2)c1=O. The highest BCUT2D eigenvalue weighted by molar-refractivity contribution is 9.10. The number of hydrogen-bond acceptors (Lipinski definition) is 7. The monoisotopic (exact) mass is 464 g/mol. The summed E-state index contributed by atoms with van der Waals surface area (Å²) in [6, 6.07) is 1.70. The first kappa shape index (κ1) is 21.1. The van der Waals surface area contributed by atoms with Crippen LogP contribution >= 0.6 is 15.9 Å². The van der Waals surface area contributed by atoms with E-state index in [0.717, 1.165) is 10.3 Å². The Bertz CT molecular complexity index is 930. The first-order valence-electron chi connectivity index (χ1n) is 9.30. The van der Waals surface area contributed by atoms with Gasteiger partial charge in [0.05, 0.1) is 12.4 Å². The van der Waals surface area contributed by atoms with Gasteiger partial charge >= 0.3 is 6.09 Å². The van der Waals surface area contributed by atoms with Gasteiger partial charge in [0.2, 0.25) is 0 Å². The fraction of sp³-hybridized carbons (Fsp3) is 0.474. The number of nitrogens with zero attached hydrogens (tertiary/aromatic N) is 5. The Kier molecular flexibility index (Phi) is 6.11. The van der Waals surface area contributed by atoms with Crippen molar-refractivity contribution in [1.82, 2.24) is 19.4 Å². The average Bonchev–Trinajstić information content (AvgIpc) is 2.65. The van der Waals surface area contributed by atoms with Crippen LogP contribution in [0.3, 0.4) is 0 Å². The minimum Gasteiger partial charge on any atom is -0.444 e. The number of carbonyl (C=O) groups is 1. The van der Waals surface area contributed by atoms with Crippen LogP contribution in [0.25, 0.3) is 0 Å². The molecular formula is C19H25BrN6O3. The molecule has 0 aliphatic carbocycles. The average molecular weight is 465 g/mol. The Labute approximate surface area is 177 Å². The smallest absolute Gasteiger partial charge is 0.410 e. The van der Waals surface area contributed by atoms with Crippen molar-refractivity contribution in [3.05, 3.63) is 39.5 Å². The number of nitrogens with one attached hydrogen (secondary N) is 1. The Morgan fingerprint density at radius 3 is 2.45 bits per heavy atom. The van der Waals surface area contributed by atoms with Gasteiger partial charge in [-0.1, -0.05) is 0 Å². The third kappa shape index (κ3) is 5.47. The van der Waals surface area contributed by atoms with Crippen LogP contribution in [0.4, 0.5) is 22.1 Å². The van der Waals surface area contributed by atoms with Crippen molar-refractivity contribution in [2.75, 3.05) is 36.4 Å². The zero-order valence-electron chi connectivity index (χ0n) is 17.0. The zero-order valence-corrected chi connectivity index (χ0v) is 18.6. The summed E-state index contributed by atoms with van der Waals surface area (Å²) in [5.74, 6) is 1.21. The van der Waals surface area contributed by atoms with Crippen LogP contribution in [0.1, 0.15) is 20.8 Å². The molecule has 3 rings (SSSR count). The maximum absolute atomic E-state index is 12.2. The van der Waals surface area contributed by atoms with E-state index >= 15 is 0 Å². The lowest BCUT2D eigenvalue weighted by atomic mass is 10.2. The molecule has 1 aliphatic heterocycles. The van der Waals surface area contributed by atoms with Crippen LogP contribution in [0.15, 0.2) is 33.9 Å². The molecule has 0 aromatic carbocycles. The maximum atomic E-state index is 12.2. The predicted molar refractivity (Wildman–Crippen MR) is 115 cm³/mol. The normalized spacial score (nSPS) is 14.7. The highest BCUT2D eigenvalue weighted by Crippen LogP contribution is 2.18. The van der Waals surface area contributed by atoms with Gasteiger partial charge in [0.15, 0.2) is 0 Å². The van der Waals surface area contributed by atoms with Crippen LogP contribution in [-0.4, -0.2) is 57.3 Å². The highest BCUT2D eigenvalue weighted by atomic mass is 79.9. The third-order valence-corrected chi connectivity index (χ3v) is 4.74. The number of pyridine rings is 1. The van der Waals surface area contributed by atoms with Crippen molar-refractivity contribution in [2.45, 2.75) is 26.4 Å². The molecule has 9 nitrogen and oxygen atoms in total. The van der Waals surface area contributed by atoms with Gasteiger partial charge in [0.25, 0.3) is 5.56 Å². The van der Waals surface area contributed by atoms with E-state index in [0.29, 0.717) is 37.7 Å².